The van der Waals surface area contributed by atoms with Crippen molar-refractivity contribution in [2.45, 2.75) is 20.8 Å². The summed E-state index contributed by atoms with van der Waals surface area (Å²) in [5.74, 6) is 0.354. The average Bonchev–Trinajstić information content (AvgIpc) is 3.20. The first-order chi connectivity index (χ1) is 12.5. The van der Waals surface area contributed by atoms with Gasteiger partial charge < -0.3 is 9.64 Å². The van der Waals surface area contributed by atoms with E-state index in [1.807, 2.05) is 44.4 Å². The van der Waals surface area contributed by atoms with E-state index in [-0.39, 0.29) is 18.4 Å². The Morgan fingerprint density at radius 2 is 1.85 bits per heavy atom. The lowest BCUT2D eigenvalue weighted by molar-refractivity contribution is -0.132. The van der Waals surface area contributed by atoms with Crippen molar-refractivity contribution in [2.24, 2.45) is 5.10 Å². The van der Waals surface area contributed by atoms with E-state index in [9.17, 15) is 9.59 Å². The molecule has 6 nitrogen and oxygen atoms in total. The summed E-state index contributed by atoms with van der Waals surface area (Å²) in [6.45, 7) is 7.06. The van der Waals surface area contributed by atoms with Crippen molar-refractivity contribution in [3.8, 4) is 5.75 Å². The van der Waals surface area contributed by atoms with E-state index >= 15 is 0 Å². The van der Waals surface area contributed by atoms with Crippen molar-refractivity contribution in [2.75, 3.05) is 19.7 Å². The lowest BCUT2D eigenvalue weighted by Crippen LogP contribution is -2.34. The van der Waals surface area contributed by atoms with Crippen molar-refractivity contribution < 1.29 is 14.3 Å². The number of nitrogens with one attached hydrogen (secondary N) is 1. The van der Waals surface area contributed by atoms with Crippen LogP contribution in [0.25, 0.3) is 0 Å². The molecule has 1 N–H and O–H groups in total. The van der Waals surface area contributed by atoms with Crippen molar-refractivity contribution in [3.05, 3.63) is 52.2 Å². The Kier molecular flexibility index (Phi) is 7.35. The molecule has 0 saturated carbocycles. The summed E-state index contributed by atoms with van der Waals surface area (Å²) in [7, 11) is 0. The molecule has 0 bridgehead atoms. The average molecular weight is 373 g/mol. The van der Waals surface area contributed by atoms with Gasteiger partial charge in [-0.25, -0.2) is 5.43 Å². The van der Waals surface area contributed by atoms with E-state index < -0.39 is 0 Å². The highest BCUT2D eigenvalue weighted by Crippen LogP contribution is 2.13. The maximum atomic E-state index is 11.9. The largest absolute Gasteiger partial charge is 0.484 e. The number of carbonyl (C=O) groups is 2. The Bertz CT molecular complexity index is 751. The smallest absolute Gasteiger partial charge is 0.281 e. The Balaban J connectivity index is 1.90. The summed E-state index contributed by atoms with van der Waals surface area (Å²) < 4.78 is 5.53. The van der Waals surface area contributed by atoms with E-state index in [2.05, 4.69) is 10.5 Å². The van der Waals surface area contributed by atoms with Crippen LogP contribution >= 0.6 is 11.3 Å². The second kappa shape index (κ2) is 9.72. The minimum atomic E-state index is -0.228. The van der Waals surface area contributed by atoms with Gasteiger partial charge in [-0.3, -0.25) is 9.59 Å². The third kappa shape index (κ3) is 5.42. The number of benzene rings is 1. The third-order valence-corrected chi connectivity index (χ3v) is 4.69. The topological polar surface area (TPSA) is 71.0 Å². The van der Waals surface area contributed by atoms with E-state index in [0.29, 0.717) is 29.4 Å². The number of hydrazone groups is 1. The molecule has 0 aliphatic rings. The zero-order chi connectivity index (χ0) is 18.9. The third-order valence-electron chi connectivity index (χ3n) is 3.82. The first-order valence-electron chi connectivity index (χ1n) is 8.44. The van der Waals surface area contributed by atoms with Gasteiger partial charge in [-0.15, -0.1) is 11.3 Å². The van der Waals surface area contributed by atoms with Crippen LogP contribution < -0.4 is 10.2 Å². The number of amides is 2. The van der Waals surface area contributed by atoms with Crippen LogP contribution in [0.5, 0.6) is 5.75 Å². The quantitative estimate of drug-likeness (QED) is 0.571. The highest BCUT2D eigenvalue weighted by Gasteiger charge is 2.10. The van der Waals surface area contributed by atoms with Crippen LogP contribution in [0.2, 0.25) is 0 Å². The lowest BCUT2D eigenvalue weighted by Gasteiger charge is -2.18. The number of hydrogen-bond donors (Lipinski definition) is 1. The van der Waals surface area contributed by atoms with Gasteiger partial charge in [0.15, 0.2) is 6.61 Å². The predicted molar refractivity (Wildman–Crippen MR) is 104 cm³/mol. The molecule has 0 atom stereocenters. The van der Waals surface area contributed by atoms with Crippen LogP contribution in [0.4, 0.5) is 0 Å². The number of carbonyl (C=O) groups excluding carboxylic acids is 2. The fraction of sp³-hybridized carbons (Fsp3) is 0.316. The Labute approximate surface area is 157 Å². The molecule has 0 aliphatic heterocycles. The summed E-state index contributed by atoms with van der Waals surface area (Å²) in [5, 5.41) is 5.96. The molecule has 0 unspecified atom stereocenters. The monoisotopic (exact) mass is 373 g/mol. The van der Waals surface area contributed by atoms with E-state index in [1.165, 1.54) is 11.3 Å². The molecule has 0 saturated heterocycles. The van der Waals surface area contributed by atoms with E-state index in [1.54, 1.807) is 23.1 Å². The van der Waals surface area contributed by atoms with Gasteiger partial charge in [-0.1, -0.05) is 6.07 Å². The van der Waals surface area contributed by atoms with Crippen molar-refractivity contribution >= 4 is 28.9 Å². The number of thiophene rings is 1. The zero-order valence-electron chi connectivity index (χ0n) is 15.2. The second-order valence-electron chi connectivity index (χ2n) is 5.49. The maximum absolute atomic E-state index is 11.9. The Hall–Kier alpha value is -2.67. The zero-order valence-corrected chi connectivity index (χ0v) is 16.0. The molecule has 0 aliphatic carbocycles. The van der Waals surface area contributed by atoms with Gasteiger partial charge in [0.05, 0.1) is 10.6 Å². The van der Waals surface area contributed by atoms with Gasteiger partial charge in [0.2, 0.25) is 0 Å². The van der Waals surface area contributed by atoms with Gasteiger partial charge in [0, 0.05) is 13.1 Å². The summed E-state index contributed by atoms with van der Waals surface area (Å²) in [6.07, 6.45) is 0. The molecule has 2 aromatic rings. The normalized spacial score (nSPS) is 11.1. The van der Waals surface area contributed by atoms with Gasteiger partial charge in [0.25, 0.3) is 11.8 Å². The molecule has 1 aromatic carbocycles. The van der Waals surface area contributed by atoms with Crippen molar-refractivity contribution in [1.82, 2.24) is 10.3 Å². The van der Waals surface area contributed by atoms with Gasteiger partial charge in [0.1, 0.15) is 5.75 Å². The molecule has 7 heteroatoms. The fourth-order valence-corrected chi connectivity index (χ4v) is 2.88. The van der Waals surface area contributed by atoms with Crippen LogP contribution in [-0.4, -0.2) is 42.1 Å². The molecule has 0 fully saturated rings. The van der Waals surface area contributed by atoms with Gasteiger partial charge in [-0.2, -0.15) is 5.10 Å². The molecule has 0 radical (unpaired) electrons. The molecule has 0 spiro atoms. The lowest BCUT2D eigenvalue weighted by atomic mass is 10.1. The molecule has 1 heterocycles. The first kappa shape index (κ1) is 19.7. The highest BCUT2D eigenvalue weighted by atomic mass is 32.1. The fourth-order valence-electron chi connectivity index (χ4n) is 2.27. The molecular weight excluding hydrogens is 350 g/mol. The minimum Gasteiger partial charge on any atom is -0.484 e. The molecule has 1 aromatic heterocycles. The van der Waals surface area contributed by atoms with Crippen LogP contribution in [-0.2, 0) is 4.79 Å². The van der Waals surface area contributed by atoms with Gasteiger partial charge >= 0.3 is 0 Å². The van der Waals surface area contributed by atoms with Crippen molar-refractivity contribution in [3.63, 3.8) is 0 Å². The molecule has 2 amide bonds. The number of rotatable bonds is 8. The number of nitrogens with zero attached hydrogens (tertiary/aromatic N) is 2. The van der Waals surface area contributed by atoms with Crippen LogP contribution in [0, 0.1) is 0 Å². The molecule has 138 valence electrons. The van der Waals surface area contributed by atoms with Crippen LogP contribution in [0.15, 0.2) is 46.9 Å². The standard InChI is InChI=1S/C19H23N3O3S/c1-4-22(5-2)18(23)13-25-16-10-8-15(9-11-16)14(3)20-21-19(24)17-7-6-12-26-17/h6-12H,4-5,13H2,1-3H3,(H,21,24)/b20-14-. The second-order valence-corrected chi connectivity index (χ2v) is 6.44. The molecule has 2 rings (SSSR count). The molecule has 26 heavy (non-hydrogen) atoms. The SMILES string of the molecule is CCN(CC)C(=O)COc1ccc(/C(C)=N\NC(=O)c2cccs2)cc1. The molecular formula is C19H23N3O3S. The number of likely N-dealkylation sites (N-methyl/N-ethyl adjacent to an activating group) is 1. The van der Waals surface area contributed by atoms with E-state index in [4.69, 9.17) is 4.74 Å². The Morgan fingerprint density at radius 3 is 2.42 bits per heavy atom. The maximum Gasteiger partial charge on any atom is 0.281 e. The van der Waals surface area contributed by atoms with Crippen molar-refractivity contribution in [1.29, 1.82) is 0 Å². The summed E-state index contributed by atoms with van der Waals surface area (Å²) >= 11 is 1.36. The first-order valence-corrected chi connectivity index (χ1v) is 9.32. The minimum absolute atomic E-state index is 0.0188. The van der Waals surface area contributed by atoms with Crippen LogP contribution in [0.3, 0.4) is 0 Å². The Morgan fingerprint density at radius 1 is 1.15 bits per heavy atom. The van der Waals surface area contributed by atoms with Gasteiger partial charge in [-0.05, 0) is 62.0 Å². The van der Waals surface area contributed by atoms with E-state index in [0.717, 1.165) is 5.56 Å². The summed E-state index contributed by atoms with van der Waals surface area (Å²) in [5.41, 5.74) is 4.08. The summed E-state index contributed by atoms with van der Waals surface area (Å²) in [4.78, 5) is 26.2. The summed E-state index contributed by atoms with van der Waals surface area (Å²) in [6, 6.07) is 10.8. The predicted octanol–water partition coefficient (Wildman–Crippen LogP) is 3.15. The van der Waals surface area contributed by atoms with Crippen LogP contribution in [0.1, 0.15) is 36.0 Å². The number of ether oxygens (including phenoxy) is 1. The highest BCUT2D eigenvalue weighted by molar-refractivity contribution is 7.12. The number of hydrogen-bond acceptors (Lipinski definition) is 5.